The molecule has 18 heavy (non-hydrogen) atoms. The number of hydrogen-bond acceptors (Lipinski definition) is 7. The molecule has 0 saturated carbocycles. The molecule has 0 bridgehead atoms. The Bertz CT molecular complexity index is 570. The largest absolute Gasteiger partial charge is 0.389 e. The van der Waals surface area contributed by atoms with E-state index < -0.39 is 12.2 Å². The Kier molecular flexibility index (Phi) is 2.62. The lowest BCUT2D eigenvalue weighted by Crippen LogP contribution is -2.50. The number of fused-ring (bicyclic) bond motifs is 1. The standard InChI is InChI=1S/C10H14N6O2/c11-9-7-10(14-3-13-9)16(4-15-7)5-1-12-2-6(17)8(5)18/h3-6,8,12,17-18H,1-2H2,(H2,11,13,14)/t5-,6-,8+/m1/s1. The molecule has 1 fully saturated rings. The minimum absolute atomic E-state index is 0.303. The summed E-state index contributed by atoms with van der Waals surface area (Å²) in [6.07, 6.45) is 1.25. The number of β-amino-alcohol motifs (C(OH)–C–C–N with tert-alkyl or cyclic N) is 1. The van der Waals surface area contributed by atoms with Gasteiger partial charge < -0.3 is 25.8 Å². The summed E-state index contributed by atoms with van der Waals surface area (Å²) in [5, 5.41) is 22.7. The lowest BCUT2D eigenvalue weighted by atomic mass is 10.0. The third-order valence-electron chi connectivity index (χ3n) is 3.24. The number of hydrogen-bond donors (Lipinski definition) is 4. The van der Waals surface area contributed by atoms with Crippen LogP contribution in [0.4, 0.5) is 5.82 Å². The molecular formula is C10H14N6O2. The van der Waals surface area contributed by atoms with E-state index in [9.17, 15) is 10.2 Å². The van der Waals surface area contributed by atoms with Crippen LogP contribution in [0.2, 0.25) is 0 Å². The van der Waals surface area contributed by atoms with Gasteiger partial charge in [0, 0.05) is 13.1 Å². The minimum atomic E-state index is -0.861. The molecule has 2 aromatic heterocycles. The van der Waals surface area contributed by atoms with Crippen molar-refractivity contribution < 1.29 is 10.2 Å². The van der Waals surface area contributed by atoms with Gasteiger partial charge in [0.25, 0.3) is 0 Å². The van der Waals surface area contributed by atoms with Crippen molar-refractivity contribution in [2.24, 2.45) is 0 Å². The molecule has 0 aliphatic carbocycles. The van der Waals surface area contributed by atoms with Crippen LogP contribution in [-0.2, 0) is 0 Å². The number of piperidine rings is 1. The van der Waals surface area contributed by atoms with Gasteiger partial charge in [-0.3, -0.25) is 0 Å². The quantitative estimate of drug-likeness (QED) is 0.474. The number of aromatic nitrogens is 4. The fraction of sp³-hybridized carbons (Fsp3) is 0.500. The Morgan fingerprint density at radius 2 is 2.11 bits per heavy atom. The maximum absolute atomic E-state index is 10.0. The van der Waals surface area contributed by atoms with Gasteiger partial charge in [-0.1, -0.05) is 0 Å². The Hall–Kier alpha value is -1.77. The van der Waals surface area contributed by atoms with Gasteiger partial charge in [-0.25, -0.2) is 15.0 Å². The Morgan fingerprint density at radius 1 is 1.28 bits per heavy atom. The molecule has 8 heteroatoms. The number of aliphatic hydroxyl groups excluding tert-OH is 2. The number of nitrogens with one attached hydrogen (secondary N) is 1. The maximum Gasteiger partial charge on any atom is 0.165 e. The van der Waals surface area contributed by atoms with Crippen LogP contribution in [0.3, 0.4) is 0 Å². The van der Waals surface area contributed by atoms with E-state index in [0.717, 1.165) is 0 Å². The van der Waals surface area contributed by atoms with E-state index in [-0.39, 0.29) is 6.04 Å². The summed E-state index contributed by atoms with van der Waals surface area (Å²) in [6.45, 7) is 0.912. The predicted octanol–water partition coefficient (Wildman–Crippen LogP) is -1.73. The van der Waals surface area contributed by atoms with E-state index in [1.807, 2.05) is 0 Å². The summed E-state index contributed by atoms with van der Waals surface area (Å²) >= 11 is 0. The van der Waals surface area contributed by atoms with Crippen LogP contribution >= 0.6 is 0 Å². The summed E-state index contributed by atoms with van der Waals surface area (Å²) in [5.74, 6) is 0.303. The monoisotopic (exact) mass is 250 g/mol. The van der Waals surface area contributed by atoms with Gasteiger partial charge in [0.15, 0.2) is 11.5 Å². The van der Waals surface area contributed by atoms with E-state index in [1.165, 1.54) is 6.33 Å². The van der Waals surface area contributed by atoms with Crippen LogP contribution in [0.5, 0.6) is 0 Å². The van der Waals surface area contributed by atoms with Crippen molar-refractivity contribution in [1.29, 1.82) is 0 Å². The fourth-order valence-corrected chi connectivity index (χ4v) is 2.25. The number of nitrogens with zero attached hydrogens (tertiary/aromatic N) is 4. The Balaban J connectivity index is 2.06. The molecular weight excluding hydrogens is 236 g/mol. The van der Waals surface area contributed by atoms with Crippen LogP contribution < -0.4 is 11.1 Å². The zero-order valence-corrected chi connectivity index (χ0v) is 9.56. The summed E-state index contributed by atoms with van der Waals surface area (Å²) in [4.78, 5) is 12.1. The van der Waals surface area contributed by atoms with Crippen molar-refractivity contribution in [3.63, 3.8) is 0 Å². The molecule has 1 saturated heterocycles. The first-order valence-corrected chi connectivity index (χ1v) is 5.68. The van der Waals surface area contributed by atoms with E-state index in [4.69, 9.17) is 5.73 Å². The first-order valence-electron chi connectivity index (χ1n) is 5.68. The van der Waals surface area contributed by atoms with Gasteiger partial charge in [0.05, 0.1) is 18.5 Å². The van der Waals surface area contributed by atoms with Gasteiger partial charge >= 0.3 is 0 Å². The predicted molar refractivity (Wildman–Crippen MR) is 63.7 cm³/mol. The zero-order chi connectivity index (χ0) is 12.7. The molecule has 1 aliphatic rings. The number of imidazole rings is 1. The summed E-state index contributed by atoms with van der Waals surface area (Å²) < 4.78 is 1.72. The van der Waals surface area contributed by atoms with Crippen molar-refractivity contribution in [1.82, 2.24) is 24.8 Å². The zero-order valence-electron chi connectivity index (χ0n) is 9.56. The van der Waals surface area contributed by atoms with Crippen LogP contribution in [-0.4, -0.2) is 55.0 Å². The SMILES string of the molecule is Nc1ncnc2c1ncn2[C@@H]1CNC[C@@H](O)[C@H]1O. The normalized spacial score (nSPS) is 28.7. The summed E-state index contributed by atoms with van der Waals surface area (Å²) in [5.41, 5.74) is 6.77. The van der Waals surface area contributed by atoms with Crippen LogP contribution in [0.1, 0.15) is 6.04 Å². The van der Waals surface area contributed by atoms with Crippen molar-refractivity contribution in [2.45, 2.75) is 18.2 Å². The molecule has 5 N–H and O–H groups in total. The number of rotatable bonds is 1. The number of nitrogens with two attached hydrogens (primary N) is 1. The molecule has 0 radical (unpaired) electrons. The average molecular weight is 250 g/mol. The second kappa shape index (κ2) is 4.16. The Labute approximate surface area is 102 Å². The number of nitrogen functional groups attached to an aromatic ring is 1. The molecule has 0 unspecified atom stereocenters. The summed E-state index contributed by atoms with van der Waals surface area (Å²) in [6, 6.07) is -0.326. The van der Waals surface area contributed by atoms with Crippen LogP contribution in [0, 0.1) is 0 Å². The van der Waals surface area contributed by atoms with Crippen molar-refractivity contribution >= 4 is 17.0 Å². The molecule has 0 spiro atoms. The third-order valence-corrected chi connectivity index (χ3v) is 3.24. The molecule has 0 amide bonds. The maximum atomic E-state index is 10.0. The molecule has 8 nitrogen and oxygen atoms in total. The van der Waals surface area contributed by atoms with Gasteiger partial charge in [-0.2, -0.15) is 0 Å². The minimum Gasteiger partial charge on any atom is -0.389 e. The second-order valence-electron chi connectivity index (χ2n) is 4.37. The van der Waals surface area contributed by atoms with E-state index in [0.29, 0.717) is 30.1 Å². The summed E-state index contributed by atoms with van der Waals surface area (Å²) in [7, 11) is 0. The highest BCUT2D eigenvalue weighted by Gasteiger charge is 2.32. The van der Waals surface area contributed by atoms with Gasteiger partial charge in [0.1, 0.15) is 17.9 Å². The van der Waals surface area contributed by atoms with Crippen LogP contribution in [0.15, 0.2) is 12.7 Å². The first kappa shape index (κ1) is 11.3. The van der Waals surface area contributed by atoms with Crippen molar-refractivity contribution in [3.05, 3.63) is 12.7 Å². The molecule has 2 aromatic rings. The van der Waals surface area contributed by atoms with Crippen LogP contribution in [0.25, 0.3) is 11.2 Å². The third kappa shape index (κ3) is 1.62. The van der Waals surface area contributed by atoms with Gasteiger partial charge in [-0.05, 0) is 0 Å². The highest BCUT2D eigenvalue weighted by atomic mass is 16.3. The molecule has 3 heterocycles. The molecule has 1 aliphatic heterocycles. The van der Waals surface area contributed by atoms with Gasteiger partial charge in [0.2, 0.25) is 0 Å². The van der Waals surface area contributed by atoms with E-state index in [2.05, 4.69) is 20.3 Å². The smallest absolute Gasteiger partial charge is 0.165 e. The average Bonchev–Trinajstić information content (AvgIpc) is 2.78. The topological polar surface area (TPSA) is 122 Å². The van der Waals surface area contributed by atoms with E-state index in [1.54, 1.807) is 10.9 Å². The van der Waals surface area contributed by atoms with E-state index >= 15 is 0 Å². The molecule has 0 aromatic carbocycles. The fourth-order valence-electron chi connectivity index (χ4n) is 2.25. The highest BCUT2D eigenvalue weighted by molar-refractivity contribution is 5.81. The molecule has 3 rings (SSSR count). The number of anilines is 1. The highest BCUT2D eigenvalue weighted by Crippen LogP contribution is 2.23. The first-order chi connectivity index (χ1) is 8.68. The lowest BCUT2D eigenvalue weighted by Gasteiger charge is -2.33. The number of aliphatic hydroxyl groups is 2. The van der Waals surface area contributed by atoms with Crippen molar-refractivity contribution in [3.8, 4) is 0 Å². The lowest BCUT2D eigenvalue weighted by molar-refractivity contribution is -0.0292. The molecule has 3 atom stereocenters. The van der Waals surface area contributed by atoms with Gasteiger partial charge in [-0.15, -0.1) is 0 Å². The van der Waals surface area contributed by atoms with Crippen molar-refractivity contribution in [2.75, 3.05) is 18.8 Å². The Morgan fingerprint density at radius 3 is 2.94 bits per heavy atom. The molecule has 96 valence electrons. The second-order valence-corrected chi connectivity index (χ2v) is 4.37.